The summed E-state index contributed by atoms with van der Waals surface area (Å²) in [7, 11) is -2.81. The van der Waals surface area contributed by atoms with Crippen molar-refractivity contribution in [1.82, 2.24) is 10.2 Å². The van der Waals surface area contributed by atoms with Gasteiger partial charge in [-0.25, -0.2) is 12.8 Å². The van der Waals surface area contributed by atoms with Gasteiger partial charge >= 0.3 is 0 Å². The predicted molar refractivity (Wildman–Crippen MR) is 138 cm³/mol. The van der Waals surface area contributed by atoms with Crippen LogP contribution in [0.2, 0.25) is 5.02 Å². The number of sulfonamides is 1. The van der Waals surface area contributed by atoms with Crippen LogP contribution in [0.25, 0.3) is 0 Å². The van der Waals surface area contributed by atoms with E-state index >= 15 is 0 Å². The molecule has 3 rings (SSSR count). The fourth-order valence-electron chi connectivity index (χ4n) is 3.61. The molecule has 0 aromatic heterocycles. The monoisotopic (exact) mass is 531 g/mol. The average molecular weight is 532 g/mol. The molecule has 0 saturated heterocycles. The fraction of sp³-hybridized carbons (Fsp3) is 0.231. The molecule has 0 bridgehead atoms. The Morgan fingerprint density at radius 3 is 2.22 bits per heavy atom. The van der Waals surface area contributed by atoms with Gasteiger partial charge in [-0.2, -0.15) is 0 Å². The van der Waals surface area contributed by atoms with E-state index in [0.717, 1.165) is 14.8 Å². The lowest BCUT2D eigenvalue weighted by molar-refractivity contribution is -0.139. The van der Waals surface area contributed by atoms with Gasteiger partial charge in [-0.1, -0.05) is 59.6 Å². The number of amides is 2. The molecule has 7 nitrogen and oxygen atoms in total. The third-order valence-corrected chi connectivity index (χ3v) is 7.81. The molecule has 0 fully saturated rings. The Labute approximate surface area is 215 Å². The number of hydrogen-bond donors (Lipinski definition) is 1. The second kappa shape index (κ2) is 11.5. The summed E-state index contributed by atoms with van der Waals surface area (Å²) in [6.07, 6.45) is 0. The Hall–Kier alpha value is -3.43. The summed E-state index contributed by atoms with van der Waals surface area (Å²) in [6, 6.07) is 17.3. The van der Waals surface area contributed by atoms with Crippen molar-refractivity contribution in [2.24, 2.45) is 0 Å². The molecule has 0 aliphatic heterocycles. The van der Waals surface area contributed by atoms with Crippen LogP contribution in [0.5, 0.6) is 0 Å². The molecule has 1 N–H and O–H groups in total. The standard InChI is InChI=1S/C26H27ClFN3O4S/c1-18-12-14-21(15-13-18)36(34,35)31(24-11-7-5-9-22(24)27)17-25(32)30(19(2)26(33)29-3)16-20-8-4-6-10-23(20)28/h4-15,19H,16-17H2,1-3H3,(H,29,33)/t19-/m0/s1. The van der Waals surface area contributed by atoms with Gasteiger partial charge in [0.25, 0.3) is 10.0 Å². The highest BCUT2D eigenvalue weighted by Crippen LogP contribution is 2.31. The van der Waals surface area contributed by atoms with Crippen molar-refractivity contribution < 1.29 is 22.4 Å². The number of nitrogens with zero attached hydrogens (tertiary/aromatic N) is 2. The van der Waals surface area contributed by atoms with E-state index in [-0.39, 0.29) is 27.7 Å². The molecule has 0 radical (unpaired) electrons. The van der Waals surface area contributed by atoms with Crippen LogP contribution in [0.15, 0.2) is 77.7 Å². The first kappa shape index (κ1) is 27.2. The maximum Gasteiger partial charge on any atom is 0.264 e. The molecule has 3 aromatic carbocycles. The average Bonchev–Trinajstić information content (AvgIpc) is 2.86. The second-order valence-electron chi connectivity index (χ2n) is 8.18. The van der Waals surface area contributed by atoms with E-state index in [4.69, 9.17) is 11.6 Å². The minimum absolute atomic E-state index is 0.0270. The second-order valence-corrected chi connectivity index (χ2v) is 10.4. The summed E-state index contributed by atoms with van der Waals surface area (Å²) in [5.41, 5.74) is 1.16. The number of benzene rings is 3. The Kier molecular flexibility index (Phi) is 8.70. The van der Waals surface area contributed by atoms with Crippen molar-refractivity contribution in [2.45, 2.75) is 31.3 Å². The van der Waals surface area contributed by atoms with Gasteiger partial charge in [-0.15, -0.1) is 0 Å². The predicted octanol–water partition coefficient (Wildman–Crippen LogP) is 4.15. The van der Waals surface area contributed by atoms with Crippen molar-refractivity contribution in [1.29, 1.82) is 0 Å². The molecule has 190 valence electrons. The van der Waals surface area contributed by atoms with Crippen LogP contribution in [-0.2, 0) is 26.2 Å². The summed E-state index contributed by atoms with van der Waals surface area (Å²) in [5, 5.41) is 2.60. The zero-order valence-corrected chi connectivity index (χ0v) is 21.7. The highest BCUT2D eigenvalue weighted by molar-refractivity contribution is 7.92. The van der Waals surface area contributed by atoms with E-state index < -0.39 is 40.2 Å². The first-order valence-corrected chi connectivity index (χ1v) is 13.0. The van der Waals surface area contributed by atoms with Gasteiger partial charge in [-0.05, 0) is 44.2 Å². The summed E-state index contributed by atoms with van der Waals surface area (Å²) >= 11 is 6.34. The molecule has 2 amide bonds. The Balaban J connectivity index is 2.06. The Morgan fingerprint density at radius 2 is 1.61 bits per heavy atom. The quantitative estimate of drug-likeness (QED) is 0.449. The molecule has 3 aromatic rings. The van der Waals surface area contributed by atoms with Gasteiger partial charge in [0.2, 0.25) is 11.8 Å². The largest absolute Gasteiger partial charge is 0.357 e. The van der Waals surface area contributed by atoms with Crippen LogP contribution in [-0.4, -0.2) is 44.8 Å². The van der Waals surface area contributed by atoms with Gasteiger partial charge in [-0.3, -0.25) is 13.9 Å². The highest BCUT2D eigenvalue weighted by atomic mass is 35.5. The van der Waals surface area contributed by atoms with Crippen molar-refractivity contribution >= 4 is 39.1 Å². The Bertz CT molecular complexity index is 1350. The van der Waals surface area contributed by atoms with Crippen LogP contribution in [0, 0.1) is 12.7 Å². The van der Waals surface area contributed by atoms with Crippen molar-refractivity contribution in [3.05, 3.63) is 94.8 Å². The van der Waals surface area contributed by atoms with Gasteiger partial charge in [0.1, 0.15) is 18.4 Å². The highest BCUT2D eigenvalue weighted by Gasteiger charge is 2.33. The van der Waals surface area contributed by atoms with Gasteiger partial charge in [0.15, 0.2) is 0 Å². The number of aryl methyl sites for hydroxylation is 1. The molecule has 0 heterocycles. The number of halogens is 2. The number of rotatable bonds is 9. The van der Waals surface area contributed by atoms with Crippen LogP contribution < -0.4 is 9.62 Å². The third kappa shape index (κ3) is 6.03. The third-order valence-electron chi connectivity index (χ3n) is 5.72. The van der Waals surface area contributed by atoms with E-state index in [9.17, 15) is 22.4 Å². The van der Waals surface area contributed by atoms with E-state index in [0.29, 0.717) is 0 Å². The van der Waals surface area contributed by atoms with E-state index in [1.165, 1.54) is 56.4 Å². The minimum Gasteiger partial charge on any atom is -0.357 e. The lowest BCUT2D eigenvalue weighted by atomic mass is 10.1. The molecule has 1 atom stereocenters. The number of hydrogen-bond acceptors (Lipinski definition) is 4. The zero-order valence-electron chi connectivity index (χ0n) is 20.1. The summed E-state index contributed by atoms with van der Waals surface area (Å²) in [4.78, 5) is 27.2. The molecule has 36 heavy (non-hydrogen) atoms. The summed E-state index contributed by atoms with van der Waals surface area (Å²) in [6.45, 7) is 2.43. The number of likely N-dealkylation sites (N-methyl/N-ethyl adjacent to an activating group) is 1. The number of nitrogens with one attached hydrogen (secondary N) is 1. The normalized spacial score (nSPS) is 12.0. The molecule has 10 heteroatoms. The van der Waals surface area contributed by atoms with Crippen molar-refractivity contribution in [2.75, 3.05) is 17.9 Å². The van der Waals surface area contributed by atoms with Crippen molar-refractivity contribution in [3.8, 4) is 0 Å². The number of carbonyl (C=O) groups is 2. The van der Waals surface area contributed by atoms with Crippen LogP contribution in [0.3, 0.4) is 0 Å². The zero-order chi connectivity index (χ0) is 26.5. The van der Waals surface area contributed by atoms with E-state index in [1.54, 1.807) is 30.3 Å². The van der Waals surface area contributed by atoms with Gasteiger partial charge < -0.3 is 10.2 Å². The fourth-order valence-corrected chi connectivity index (χ4v) is 5.33. The molecule has 0 unspecified atom stereocenters. The van der Waals surface area contributed by atoms with Crippen molar-refractivity contribution in [3.63, 3.8) is 0 Å². The van der Waals surface area contributed by atoms with Gasteiger partial charge in [0, 0.05) is 19.2 Å². The topological polar surface area (TPSA) is 86.8 Å². The minimum atomic E-state index is -4.23. The first-order valence-electron chi connectivity index (χ1n) is 11.1. The summed E-state index contributed by atoms with van der Waals surface area (Å²) in [5.74, 6) is -1.73. The van der Waals surface area contributed by atoms with Crippen LogP contribution >= 0.6 is 11.6 Å². The van der Waals surface area contributed by atoms with Crippen LogP contribution in [0.4, 0.5) is 10.1 Å². The maximum atomic E-state index is 14.4. The molecule has 0 aliphatic rings. The SMILES string of the molecule is CNC(=O)[C@H](C)N(Cc1ccccc1F)C(=O)CN(c1ccccc1Cl)S(=O)(=O)c1ccc(C)cc1. The summed E-state index contributed by atoms with van der Waals surface area (Å²) < 4.78 is 42.7. The molecule has 0 spiro atoms. The maximum absolute atomic E-state index is 14.4. The Morgan fingerprint density at radius 1 is 1.00 bits per heavy atom. The first-order chi connectivity index (χ1) is 17.1. The molecule has 0 aliphatic carbocycles. The van der Waals surface area contributed by atoms with Gasteiger partial charge in [0.05, 0.1) is 15.6 Å². The van der Waals surface area contributed by atoms with Crippen LogP contribution in [0.1, 0.15) is 18.1 Å². The molecular formula is C26H27ClFN3O4S. The number of carbonyl (C=O) groups excluding carboxylic acids is 2. The van der Waals surface area contributed by atoms with E-state index in [1.807, 2.05) is 6.92 Å². The number of anilines is 1. The lowest BCUT2D eigenvalue weighted by Crippen LogP contribution is -2.50. The number of para-hydroxylation sites is 1. The van der Waals surface area contributed by atoms with E-state index in [2.05, 4.69) is 5.32 Å². The molecule has 0 saturated carbocycles. The molecular weight excluding hydrogens is 505 g/mol. The smallest absolute Gasteiger partial charge is 0.264 e. The lowest BCUT2D eigenvalue weighted by Gasteiger charge is -2.32.